The van der Waals surface area contributed by atoms with Crippen LogP contribution < -0.4 is 16.0 Å². The van der Waals surface area contributed by atoms with Crippen LogP contribution in [-0.4, -0.2) is 50.1 Å². The first-order valence-corrected chi connectivity index (χ1v) is 7.85. The number of nitrogens with one attached hydrogen (secondary N) is 1. The van der Waals surface area contributed by atoms with Crippen LogP contribution in [0.5, 0.6) is 0 Å². The van der Waals surface area contributed by atoms with E-state index in [9.17, 15) is 4.79 Å². The number of carbonyl (C=O) groups excluding carboxylic acids is 1. The van der Waals surface area contributed by atoms with Crippen LogP contribution in [0.3, 0.4) is 0 Å². The smallest absolute Gasteiger partial charge is 0.217 e. The fraction of sp³-hybridized carbons (Fsp3) is 0.562. The minimum atomic E-state index is -0.194. The fourth-order valence-electron chi connectivity index (χ4n) is 3.31. The van der Waals surface area contributed by atoms with Crippen LogP contribution in [0.25, 0.3) is 0 Å². The number of benzene rings is 1. The predicted octanol–water partition coefficient (Wildman–Crippen LogP) is 1.04. The van der Waals surface area contributed by atoms with E-state index in [0.717, 1.165) is 52.1 Å². The van der Waals surface area contributed by atoms with Gasteiger partial charge in [0.1, 0.15) is 0 Å². The molecule has 21 heavy (non-hydrogen) atoms. The maximum Gasteiger partial charge on any atom is 0.217 e. The van der Waals surface area contributed by atoms with Crippen LogP contribution >= 0.6 is 0 Å². The van der Waals surface area contributed by atoms with Gasteiger partial charge in [-0.05, 0) is 31.5 Å². The molecule has 114 valence electrons. The van der Waals surface area contributed by atoms with Crippen LogP contribution in [0.1, 0.15) is 18.4 Å². The van der Waals surface area contributed by atoms with E-state index in [-0.39, 0.29) is 5.91 Å². The molecule has 3 N–H and O–H groups in total. The first-order valence-electron chi connectivity index (χ1n) is 7.85. The average molecular weight is 288 g/mol. The summed E-state index contributed by atoms with van der Waals surface area (Å²) in [5, 5.41) is 3.45. The zero-order chi connectivity index (χ0) is 14.7. The Balaban J connectivity index is 1.54. The lowest BCUT2D eigenvalue weighted by Gasteiger charge is -2.37. The third-order valence-electron chi connectivity index (χ3n) is 4.45. The topological polar surface area (TPSA) is 61.6 Å². The molecule has 2 heterocycles. The van der Waals surface area contributed by atoms with Crippen molar-refractivity contribution in [1.82, 2.24) is 4.90 Å². The Morgan fingerprint density at radius 3 is 2.81 bits per heavy atom. The molecule has 0 saturated carbocycles. The van der Waals surface area contributed by atoms with Crippen LogP contribution in [0.4, 0.5) is 11.4 Å². The lowest BCUT2D eigenvalue weighted by atomic mass is 10.1. The molecule has 2 aliphatic rings. The summed E-state index contributed by atoms with van der Waals surface area (Å²) in [6.45, 7) is 6.29. The number of amides is 1. The standard InChI is InChI=1S/C16H24N4O/c17-16(21)5-2-8-19-9-11-20(12-10-19)15-4-1-3-14-13(15)6-7-18-14/h1,3-4,18H,2,5-12H2,(H2,17,21). The maximum atomic E-state index is 10.8. The van der Waals surface area contributed by atoms with E-state index in [4.69, 9.17) is 5.73 Å². The number of fused-ring (bicyclic) bond motifs is 1. The molecule has 5 heteroatoms. The minimum absolute atomic E-state index is 0.194. The Hall–Kier alpha value is -1.75. The van der Waals surface area contributed by atoms with Crippen LogP contribution in [0, 0.1) is 0 Å². The molecule has 1 saturated heterocycles. The largest absolute Gasteiger partial charge is 0.384 e. The molecule has 0 radical (unpaired) electrons. The van der Waals surface area contributed by atoms with Crippen molar-refractivity contribution in [2.75, 3.05) is 49.5 Å². The number of anilines is 2. The molecule has 0 spiro atoms. The Labute approximate surface area is 126 Å². The summed E-state index contributed by atoms with van der Waals surface area (Å²) in [5.41, 5.74) is 9.36. The highest BCUT2D eigenvalue weighted by Crippen LogP contribution is 2.32. The van der Waals surface area contributed by atoms with Gasteiger partial charge >= 0.3 is 0 Å². The number of carbonyl (C=O) groups is 1. The van der Waals surface area contributed by atoms with Gasteiger partial charge in [-0.3, -0.25) is 9.69 Å². The molecular weight excluding hydrogens is 264 g/mol. The van der Waals surface area contributed by atoms with Crippen molar-refractivity contribution in [3.63, 3.8) is 0 Å². The van der Waals surface area contributed by atoms with Gasteiger partial charge in [0.25, 0.3) is 0 Å². The number of piperazine rings is 1. The first kappa shape index (κ1) is 14.2. The molecule has 0 bridgehead atoms. The summed E-state index contributed by atoms with van der Waals surface area (Å²) in [6.07, 6.45) is 2.50. The van der Waals surface area contributed by atoms with E-state index in [0.29, 0.717) is 6.42 Å². The van der Waals surface area contributed by atoms with E-state index in [2.05, 4.69) is 33.3 Å². The molecule has 0 atom stereocenters. The van der Waals surface area contributed by atoms with Crippen molar-refractivity contribution in [2.24, 2.45) is 5.73 Å². The van der Waals surface area contributed by atoms with Gasteiger partial charge in [0, 0.05) is 56.1 Å². The lowest BCUT2D eigenvalue weighted by molar-refractivity contribution is -0.118. The van der Waals surface area contributed by atoms with Crippen LogP contribution in [0.15, 0.2) is 18.2 Å². The molecule has 0 aliphatic carbocycles. The first-order chi connectivity index (χ1) is 10.2. The van der Waals surface area contributed by atoms with Gasteiger partial charge in [-0.1, -0.05) is 6.07 Å². The molecule has 0 aromatic heterocycles. The van der Waals surface area contributed by atoms with Gasteiger partial charge in [0.15, 0.2) is 0 Å². The number of nitrogens with two attached hydrogens (primary N) is 1. The Bertz CT molecular complexity index is 509. The predicted molar refractivity (Wildman–Crippen MR) is 85.7 cm³/mol. The highest BCUT2D eigenvalue weighted by molar-refractivity contribution is 5.73. The van der Waals surface area contributed by atoms with Crippen LogP contribution in [0.2, 0.25) is 0 Å². The normalized spacial score (nSPS) is 18.4. The molecule has 1 amide bonds. The van der Waals surface area contributed by atoms with Gasteiger partial charge in [-0.2, -0.15) is 0 Å². The second-order valence-electron chi connectivity index (χ2n) is 5.88. The van der Waals surface area contributed by atoms with Crippen molar-refractivity contribution in [3.05, 3.63) is 23.8 Å². The van der Waals surface area contributed by atoms with Gasteiger partial charge in [0.2, 0.25) is 5.91 Å². The van der Waals surface area contributed by atoms with Gasteiger partial charge in [-0.25, -0.2) is 0 Å². The van der Waals surface area contributed by atoms with Gasteiger partial charge in [0.05, 0.1) is 0 Å². The summed E-state index contributed by atoms with van der Waals surface area (Å²) < 4.78 is 0. The monoisotopic (exact) mass is 288 g/mol. The van der Waals surface area contributed by atoms with E-state index >= 15 is 0 Å². The van der Waals surface area contributed by atoms with Gasteiger partial charge in [-0.15, -0.1) is 0 Å². The maximum absolute atomic E-state index is 10.8. The van der Waals surface area contributed by atoms with Crippen molar-refractivity contribution in [1.29, 1.82) is 0 Å². The Kier molecular flexibility index (Phi) is 4.29. The van der Waals surface area contributed by atoms with Crippen molar-refractivity contribution in [2.45, 2.75) is 19.3 Å². The zero-order valence-corrected chi connectivity index (χ0v) is 12.5. The molecule has 5 nitrogen and oxygen atoms in total. The lowest BCUT2D eigenvalue weighted by Crippen LogP contribution is -2.47. The highest BCUT2D eigenvalue weighted by Gasteiger charge is 2.21. The number of hydrogen-bond donors (Lipinski definition) is 2. The molecule has 0 unspecified atom stereocenters. The molecular formula is C16H24N4O. The molecule has 2 aliphatic heterocycles. The van der Waals surface area contributed by atoms with Crippen molar-refractivity contribution < 1.29 is 4.79 Å². The summed E-state index contributed by atoms with van der Waals surface area (Å²) >= 11 is 0. The van der Waals surface area contributed by atoms with E-state index in [1.165, 1.54) is 16.9 Å². The number of primary amides is 1. The summed E-state index contributed by atoms with van der Waals surface area (Å²) in [7, 11) is 0. The van der Waals surface area contributed by atoms with Gasteiger partial charge < -0.3 is 16.0 Å². The second kappa shape index (κ2) is 6.35. The Morgan fingerprint density at radius 2 is 2.05 bits per heavy atom. The average Bonchev–Trinajstić information content (AvgIpc) is 2.96. The quantitative estimate of drug-likeness (QED) is 0.850. The number of rotatable bonds is 5. The highest BCUT2D eigenvalue weighted by atomic mass is 16.1. The number of nitrogens with zero attached hydrogens (tertiary/aromatic N) is 2. The van der Waals surface area contributed by atoms with Crippen LogP contribution in [-0.2, 0) is 11.2 Å². The van der Waals surface area contributed by atoms with E-state index < -0.39 is 0 Å². The Morgan fingerprint density at radius 1 is 1.24 bits per heavy atom. The summed E-state index contributed by atoms with van der Waals surface area (Å²) in [4.78, 5) is 15.7. The van der Waals surface area contributed by atoms with Crippen molar-refractivity contribution >= 4 is 17.3 Å². The minimum Gasteiger partial charge on any atom is -0.384 e. The molecule has 3 rings (SSSR count). The summed E-state index contributed by atoms with van der Waals surface area (Å²) in [5.74, 6) is -0.194. The SMILES string of the molecule is NC(=O)CCCN1CCN(c2cccc3c2CCN3)CC1. The number of hydrogen-bond acceptors (Lipinski definition) is 4. The van der Waals surface area contributed by atoms with E-state index in [1.54, 1.807) is 0 Å². The molecule has 1 aromatic carbocycles. The fourth-order valence-corrected chi connectivity index (χ4v) is 3.31. The zero-order valence-electron chi connectivity index (χ0n) is 12.5. The third kappa shape index (κ3) is 3.29. The second-order valence-corrected chi connectivity index (χ2v) is 5.88. The molecule has 1 fully saturated rings. The van der Waals surface area contributed by atoms with Crippen molar-refractivity contribution in [3.8, 4) is 0 Å². The third-order valence-corrected chi connectivity index (χ3v) is 4.45. The van der Waals surface area contributed by atoms with E-state index in [1.807, 2.05) is 0 Å². The molecule has 1 aromatic rings. The summed E-state index contributed by atoms with van der Waals surface area (Å²) in [6, 6.07) is 6.56.